The van der Waals surface area contributed by atoms with Crippen molar-refractivity contribution in [2.75, 3.05) is 18.8 Å². The highest BCUT2D eigenvalue weighted by atomic mass is 32.2. The Morgan fingerprint density at radius 2 is 2.11 bits per heavy atom. The number of nitrogens with two attached hydrogens (primary N) is 1. The minimum Gasteiger partial charge on any atom is -0.396 e. The highest BCUT2D eigenvalue weighted by Crippen LogP contribution is 2.15. The molecule has 1 aromatic rings. The normalized spacial score (nSPS) is 11.3. The predicted octanol–water partition coefficient (Wildman–Crippen LogP) is 0.212. The van der Waals surface area contributed by atoms with Gasteiger partial charge in [-0.3, -0.25) is 4.79 Å². The van der Waals surface area contributed by atoms with Crippen LogP contribution in [0.1, 0.15) is 13.3 Å². The molecular formula is C11H16FN3O3S. The van der Waals surface area contributed by atoms with Gasteiger partial charge in [0, 0.05) is 19.5 Å². The SMILES string of the molecule is CCNC(=O)CCNS(=O)(=O)c1ccc(N)c(F)c1. The Hall–Kier alpha value is -1.67. The van der Waals surface area contributed by atoms with Crippen molar-refractivity contribution in [2.45, 2.75) is 18.2 Å². The van der Waals surface area contributed by atoms with Gasteiger partial charge in [0.05, 0.1) is 10.6 Å². The van der Waals surface area contributed by atoms with Gasteiger partial charge >= 0.3 is 0 Å². The van der Waals surface area contributed by atoms with Crippen LogP contribution in [-0.2, 0) is 14.8 Å². The van der Waals surface area contributed by atoms with Crippen LogP contribution in [-0.4, -0.2) is 27.4 Å². The molecule has 0 fully saturated rings. The summed E-state index contributed by atoms with van der Waals surface area (Å²) in [4.78, 5) is 10.9. The lowest BCUT2D eigenvalue weighted by Crippen LogP contribution is -2.30. The molecule has 0 radical (unpaired) electrons. The van der Waals surface area contributed by atoms with Crippen LogP contribution < -0.4 is 15.8 Å². The molecular weight excluding hydrogens is 273 g/mol. The summed E-state index contributed by atoms with van der Waals surface area (Å²) >= 11 is 0. The Kier molecular flexibility index (Phi) is 5.25. The average Bonchev–Trinajstić information content (AvgIpc) is 2.32. The molecule has 0 aliphatic rings. The van der Waals surface area contributed by atoms with E-state index in [1.54, 1.807) is 6.92 Å². The molecule has 0 unspecified atom stereocenters. The van der Waals surface area contributed by atoms with Gasteiger partial charge < -0.3 is 11.1 Å². The number of hydrogen-bond acceptors (Lipinski definition) is 4. The van der Waals surface area contributed by atoms with Gasteiger partial charge in [0.15, 0.2) is 0 Å². The van der Waals surface area contributed by atoms with E-state index in [4.69, 9.17) is 5.73 Å². The van der Waals surface area contributed by atoms with E-state index in [0.29, 0.717) is 6.54 Å². The first-order valence-electron chi connectivity index (χ1n) is 5.68. The third-order valence-electron chi connectivity index (χ3n) is 2.30. The van der Waals surface area contributed by atoms with Crippen molar-refractivity contribution in [3.05, 3.63) is 24.0 Å². The standard InChI is InChI=1S/C11H16FN3O3S/c1-2-14-11(16)5-6-15-19(17,18)8-3-4-10(13)9(12)7-8/h3-4,7,15H,2,5-6,13H2,1H3,(H,14,16). The monoisotopic (exact) mass is 289 g/mol. The van der Waals surface area contributed by atoms with Crippen LogP contribution in [0, 0.1) is 5.82 Å². The summed E-state index contributed by atoms with van der Waals surface area (Å²) < 4.78 is 39.0. The Labute approximate surface area is 111 Å². The third-order valence-corrected chi connectivity index (χ3v) is 3.76. The first-order valence-corrected chi connectivity index (χ1v) is 7.16. The van der Waals surface area contributed by atoms with E-state index in [1.807, 2.05) is 0 Å². The summed E-state index contributed by atoms with van der Waals surface area (Å²) in [7, 11) is -3.84. The molecule has 0 aliphatic carbocycles. The second kappa shape index (κ2) is 6.48. The Morgan fingerprint density at radius 1 is 1.42 bits per heavy atom. The van der Waals surface area contributed by atoms with Gasteiger partial charge in [-0.1, -0.05) is 0 Å². The summed E-state index contributed by atoms with van der Waals surface area (Å²) in [6, 6.07) is 3.21. The van der Waals surface area contributed by atoms with Crippen LogP contribution in [0.15, 0.2) is 23.1 Å². The molecule has 0 spiro atoms. The number of anilines is 1. The maximum Gasteiger partial charge on any atom is 0.240 e. The molecule has 1 aromatic carbocycles. The molecule has 0 atom stereocenters. The average molecular weight is 289 g/mol. The smallest absolute Gasteiger partial charge is 0.240 e. The van der Waals surface area contributed by atoms with E-state index in [1.165, 1.54) is 12.1 Å². The van der Waals surface area contributed by atoms with Gasteiger partial charge in [0.2, 0.25) is 15.9 Å². The molecule has 6 nitrogen and oxygen atoms in total. The summed E-state index contributed by atoms with van der Waals surface area (Å²) in [6.07, 6.45) is 0.0184. The van der Waals surface area contributed by atoms with E-state index < -0.39 is 15.8 Å². The predicted molar refractivity (Wildman–Crippen MR) is 69.3 cm³/mol. The quantitative estimate of drug-likeness (QED) is 0.652. The lowest BCUT2D eigenvalue weighted by Gasteiger charge is -2.07. The number of amides is 1. The number of benzene rings is 1. The number of rotatable bonds is 6. The van der Waals surface area contributed by atoms with Crippen molar-refractivity contribution in [1.82, 2.24) is 10.0 Å². The van der Waals surface area contributed by atoms with Gasteiger partial charge in [-0.25, -0.2) is 17.5 Å². The molecule has 106 valence electrons. The third kappa shape index (κ3) is 4.49. The molecule has 0 aromatic heterocycles. The van der Waals surface area contributed by atoms with Crippen LogP contribution >= 0.6 is 0 Å². The Morgan fingerprint density at radius 3 is 2.68 bits per heavy atom. The molecule has 0 aliphatic heterocycles. The number of carbonyl (C=O) groups excluding carboxylic acids is 1. The van der Waals surface area contributed by atoms with Crippen molar-refractivity contribution in [3.63, 3.8) is 0 Å². The molecule has 4 N–H and O–H groups in total. The van der Waals surface area contributed by atoms with E-state index in [0.717, 1.165) is 6.07 Å². The highest BCUT2D eigenvalue weighted by Gasteiger charge is 2.15. The zero-order chi connectivity index (χ0) is 14.5. The minimum absolute atomic E-state index is 0.0184. The number of nitrogen functional groups attached to an aromatic ring is 1. The van der Waals surface area contributed by atoms with Gasteiger partial charge in [-0.2, -0.15) is 0 Å². The molecule has 19 heavy (non-hydrogen) atoms. The molecule has 0 heterocycles. The summed E-state index contributed by atoms with van der Waals surface area (Å²) in [5.41, 5.74) is 5.14. The number of carbonyl (C=O) groups is 1. The Balaban J connectivity index is 2.66. The molecule has 1 amide bonds. The first-order chi connectivity index (χ1) is 8.86. The topological polar surface area (TPSA) is 101 Å². The number of hydrogen-bond donors (Lipinski definition) is 3. The molecule has 8 heteroatoms. The van der Waals surface area contributed by atoms with E-state index >= 15 is 0 Å². The fourth-order valence-electron chi connectivity index (χ4n) is 1.34. The van der Waals surface area contributed by atoms with Gasteiger partial charge in [-0.05, 0) is 25.1 Å². The lowest BCUT2D eigenvalue weighted by atomic mass is 10.3. The summed E-state index contributed by atoms with van der Waals surface area (Å²) in [5.74, 6) is -1.06. The largest absolute Gasteiger partial charge is 0.396 e. The minimum atomic E-state index is -3.84. The second-order valence-electron chi connectivity index (χ2n) is 3.78. The van der Waals surface area contributed by atoms with Gasteiger partial charge in [0.25, 0.3) is 0 Å². The molecule has 1 rings (SSSR count). The zero-order valence-corrected chi connectivity index (χ0v) is 11.3. The van der Waals surface area contributed by atoms with Crippen molar-refractivity contribution in [1.29, 1.82) is 0 Å². The fraction of sp³-hybridized carbons (Fsp3) is 0.364. The highest BCUT2D eigenvalue weighted by molar-refractivity contribution is 7.89. The summed E-state index contributed by atoms with van der Waals surface area (Å²) in [5, 5.41) is 2.54. The van der Waals surface area contributed by atoms with E-state index in [-0.39, 0.29) is 29.5 Å². The van der Waals surface area contributed by atoms with Crippen molar-refractivity contribution in [3.8, 4) is 0 Å². The van der Waals surface area contributed by atoms with Crippen molar-refractivity contribution >= 4 is 21.6 Å². The summed E-state index contributed by atoms with van der Waals surface area (Å²) in [6.45, 7) is 2.19. The number of halogens is 1. The van der Waals surface area contributed by atoms with Gasteiger partial charge in [0.1, 0.15) is 5.82 Å². The maximum atomic E-state index is 13.2. The number of sulfonamides is 1. The Bertz CT molecular complexity index is 560. The molecule has 0 saturated heterocycles. The van der Waals surface area contributed by atoms with Crippen LogP contribution in [0.5, 0.6) is 0 Å². The van der Waals surface area contributed by atoms with Crippen LogP contribution in [0.3, 0.4) is 0 Å². The zero-order valence-electron chi connectivity index (χ0n) is 10.4. The van der Waals surface area contributed by atoms with Crippen molar-refractivity contribution < 1.29 is 17.6 Å². The van der Waals surface area contributed by atoms with Crippen LogP contribution in [0.4, 0.5) is 10.1 Å². The lowest BCUT2D eigenvalue weighted by molar-refractivity contribution is -0.120. The molecule has 0 saturated carbocycles. The van der Waals surface area contributed by atoms with Crippen LogP contribution in [0.25, 0.3) is 0 Å². The van der Waals surface area contributed by atoms with E-state index in [9.17, 15) is 17.6 Å². The second-order valence-corrected chi connectivity index (χ2v) is 5.55. The van der Waals surface area contributed by atoms with Gasteiger partial charge in [-0.15, -0.1) is 0 Å². The molecule has 0 bridgehead atoms. The first kappa shape index (κ1) is 15.4. The fourth-order valence-corrected chi connectivity index (χ4v) is 2.39. The maximum absolute atomic E-state index is 13.2. The van der Waals surface area contributed by atoms with E-state index in [2.05, 4.69) is 10.0 Å². The van der Waals surface area contributed by atoms with Crippen LogP contribution in [0.2, 0.25) is 0 Å². The van der Waals surface area contributed by atoms with Crippen molar-refractivity contribution in [2.24, 2.45) is 0 Å². The number of nitrogens with one attached hydrogen (secondary N) is 2.